The number of rotatable bonds is 5. The molecule has 0 spiro atoms. The van der Waals surface area contributed by atoms with Gasteiger partial charge in [0.05, 0.1) is 17.2 Å². The monoisotopic (exact) mass is 428 g/mol. The van der Waals surface area contributed by atoms with Crippen molar-refractivity contribution in [3.63, 3.8) is 0 Å². The molecule has 0 saturated heterocycles. The highest BCUT2D eigenvalue weighted by molar-refractivity contribution is 8.04. The van der Waals surface area contributed by atoms with E-state index in [4.69, 9.17) is 0 Å². The number of nitrogens with one attached hydrogen (secondary N) is 2. The zero-order valence-electron chi connectivity index (χ0n) is 16.5. The highest BCUT2D eigenvalue weighted by Gasteiger charge is 2.20. The average Bonchev–Trinajstić information content (AvgIpc) is 2.79. The fourth-order valence-corrected chi connectivity index (χ4v) is 4.01. The summed E-state index contributed by atoms with van der Waals surface area (Å²) < 4.78 is 0. The van der Waals surface area contributed by atoms with E-state index in [1.54, 1.807) is 30.3 Å². The largest absolute Gasteiger partial charge is 0.392 e. The Morgan fingerprint density at radius 1 is 1.00 bits per heavy atom. The number of aliphatic hydroxyl groups excluding tert-OH is 1. The summed E-state index contributed by atoms with van der Waals surface area (Å²) >= 11 is 1.45. The van der Waals surface area contributed by atoms with Crippen molar-refractivity contribution in [2.24, 2.45) is 0 Å². The summed E-state index contributed by atoms with van der Waals surface area (Å²) in [5.74, 6) is -0.371. The first kappa shape index (κ1) is 20.7. The Bertz CT molecular complexity index is 1180. The lowest BCUT2D eigenvalue weighted by molar-refractivity contribution is -0.112. The molecule has 5 nitrogen and oxygen atoms in total. The van der Waals surface area contributed by atoms with Crippen molar-refractivity contribution >= 4 is 47.1 Å². The number of hydrogen-bond donors (Lipinski definition) is 3. The third-order valence-corrected chi connectivity index (χ3v) is 5.72. The van der Waals surface area contributed by atoms with Crippen LogP contribution in [0.5, 0.6) is 0 Å². The summed E-state index contributed by atoms with van der Waals surface area (Å²) in [7, 11) is 0. The molecule has 0 bridgehead atoms. The molecule has 0 radical (unpaired) electrons. The Balaban J connectivity index is 1.40. The highest BCUT2D eigenvalue weighted by Crippen LogP contribution is 2.38. The first-order valence-corrected chi connectivity index (χ1v) is 10.5. The minimum atomic E-state index is -0.254. The van der Waals surface area contributed by atoms with E-state index in [9.17, 15) is 14.7 Å². The maximum atomic E-state index is 12.3. The van der Waals surface area contributed by atoms with Crippen molar-refractivity contribution in [1.29, 1.82) is 0 Å². The minimum absolute atomic E-state index is 0.0747. The van der Waals surface area contributed by atoms with Crippen molar-refractivity contribution in [2.45, 2.75) is 11.5 Å². The van der Waals surface area contributed by atoms with E-state index < -0.39 is 0 Å². The van der Waals surface area contributed by atoms with E-state index in [1.165, 1.54) is 17.8 Å². The molecule has 0 unspecified atom stereocenters. The highest BCUT2D eigenvalue weighted by atomic mass is 32.2. The number of carbonyl (C=O) groups excluding carboxylic acids is 2. The van der Waals surface area contributed by atoms with Crippen LogP contribution in [-0.2, 0) is 16.2 Å². The Morgan fingerprint density at radius 3 is 2.58 bits per heavy atom. The Hall–Kier alpha value is -3.61. The van der Waals surface area contributed by atoms with Crippen molar-refractivity contribution in [3.8, 4) is 0 Å². The van der Waals surface area contributed by atoms with E-state index in [2.05, 4.69) is 10.6 Å². The second kappa shape index (κ2) is 9.47. The molecule has 0 saturated carbocycles. The number of amides is 2. The summed E-state index contributed by atoms with van der Waals surface area (Å²) in [6.07, 6.45) is 5.03. The van der Waals surface area contributed by atoms with Gasteiger partial charge >= 0.3 is 0 Å². The summed E-state index contributed by atoms with van der Waals surface area (Å²) in [5, 5.41) is 14.9. The molecule has 4 rings (SSSR count). The molecule has 31 heavy (non-hydrogen) atoms. The van der Waals surface area contributed by atoms with Crippen LogP contribution in [0.2, 0.25) is 0 Å². The number of thioether (sulfide) groups is 1. The lowest BCUT2D eigenvalue weighted by Gasteiger charge is -2.18. The van der Waals surface area contributed by atoms with Gasteiger partial charge in [-0.15, -0.1) is 0 Å². The molecule has 3 aromatic rings. The molecule has 2 amide bonds. The fourth-order valence-electron chi connectivity index (χ4n) is 3.06. The number of hydrogen-bond acceptors (Lipinski definition) is 4. The molecule has 0 atom stereocenters. The van der Waals surface area contributed by atoms with Gasteiger partial charge in [-0.2, -0.15) is 0 Å². The number of carbonyl (C=O) groups is 2. The minimum Gasteiger partial charge on any atom is -0.392 e. The van der Waals surface area contributed by atoms with E-state index >= 15 is 0 Å². The summed E-state index contributed by atoms with van der Waals surface area (Å²) in [4.78, 5) is 26.1. The molecule has 6 heteroatoms. The van der Waals surface area contributed by atoms with Gasteiger partial charge in [0.2, 0.25) is 5.91 Å². The smallest absolute Gasteiger partial charge is 0.262 e. The number of fused-ring (bicyclic) bond motifs is 1. The molecular weight excluding hydrogens is 408 g/mol. The summed E-state index contributed by atoms with van der Waals surface area (Å²) in [6, 6.07) is 22.4. The molecule has 154 valence electrons. The van der Waals surface area contributed by atoms with E-state index in [0.717, 1.165) is 27.3 Å². The van der Waals surface area contributed by atoms with Crippen LogP contribution in [0.1, 0.15) is 16.7 Å². The quantitative estimate of drug-likeness (QED) is 0.504. The van der Waals surface area contributed by atoms with Gasteiger partial charge in [-0.05, 0) is 53.1 Å². The Kier molecular flexibility index (Phi) is 6.31. The number of anilines is 2. The predicted octanol–water partition coefficient (Wildman–Crippen LogP) is 4.92. The van der Waals surface area contributed by atoms with Crippen LogP contribution in [0, 0.1) is 0 Å². The third-order valence-electron chi connectivity index (χ3n) is 4.62. The summed E-state index contributed by atoms with van der Waals surface area (Å²) in [5.41, 5.74) is 3.97. The van der Waals surface area contributed by atoms with Crippen molar-refractivity contribution < 1.29 is 14.7 Å². The van der Waals surface area contributed by atoms with Crippen molar-refractivity contribution in [1.82, 2.24) is 0 Å². The van der Waals surface area contributed by atoms with E-state index in [0.29, 0.717) is 10.6 Å². The zero-order valence-corrected chi connectivity index (χ0v) is 17.4. The van der Waals surface area contributed by atoms with E-state index in [1.807, 2.05) is 54.6 Å². The lowest BCUT2D eigenvalue weighted by atomic mass is 10.1. The molecule has 3 aromatic carbocycles. The second-order valence-corrected chi connectivity index (χ2v) is 7.99. The first-order valence-electron chi connectivity index (χ1n) is 9.69. The van der Waals surface area contributed by atoms with Crippen LogP contribution in [0.4, 0.5) is 11.4 Å². The van der Waals surface area contributed by atoms with E-state index in [-0.39, 0.29) is 18.4 Å². The molecule has 1 heterocycles. The number of aliphatic hydroxyl groups is 1. The molecule has 1 aliphatic rings. The zero-order chi connectivity index (χ0) is 21.6. The lowest BCUT2D eigenvalue weighted by Crippen LogP contribution is -2.17. The van der Waals surface area contributed by atoms with Gasteiger partial charge < -0.3 is 15.7 Å². The van der Waals surface area contributed by atoms with Crippen molar-refractivity contribution in [3.05, 3.63) is 100 Å². The average molecular weight is 429 g/mol. The van der Waals surface area contributed by atoms with Crippen LogP contribution in [0.15, 0.2) is 88.7 Å². The van der Waals surface area contributed by atoms with Crippen LogP contribution in [-0.4, -0.2) is 16.9 Å². The predicted molar refractivity (Wildman–Crippen MR) is 125 cm³/mol. The SMILES string of the molecule is O=C(/C=C/c1ccc(/C=C2/Sc3ccccc3NC2=O)cc1)Nc1cccc(CO)c1. The summed E-state index contributed by atoms with van der Waals surface area (Å²) in [6.45, 7) is -0.0747. The van der Waals surface area contributed by atoms with Crippen LogP contribution < -0.4 is 10.6 Å². The van der Waals surface area contributed by atoms with Gasteiger partial charge in [-0.3, -0.25) is 9.59 Å². The van der Waals surface area contributed by atoms with Crippen LogP contribution in [0.25, 0.3) is 12.2 Å². The Morgan fingerprint density at radius 2 is 1.77 bits per heavy atom. The van der Waals surface area contributed by atoms with Gasteiger partial charge in [-0.25, -0.2) is 0 Å². The van der Waals surface area contributed by atoms with Gasteiger partial charge in [0.1, 0.15) is 0 Å². The molecular formula is C25H20N2O3S. The van der Waals surface area contributed by atoms with Gasteiger partial charge in [-0.1, -0.05) is 60.3 Å². The van der Waals surface area contributed by atoms with Crippen LogP contribution in [0.3, 0.4) is 0 Å². The Labute approximate surface area is 184 Å². The van der Waals surface area contributed by atoms with Gasteiger partial charge in [0, 0.05) is 16.7 Å². The van der Waals surface area contributed by atoms with Crippen molar-refractivity contribution in [2.75, 3.05) is 10.6 Å². The maximum Gasteiger partial charge on any atom is 0.262 e. The van der Waals surface area contributed by atoms with Crippen LogP contribution >= 0.6 is 11.8 Å². The molecule has 0 aromatic heterocycles. The molecule has 0 aliphatic carbocycles. The normalized spacial score (nSPS) is 14.4. The number of benzene rings is 3. The fraction of sp³-hybridized carbons (Fsp3) is 0.0400. The maximum absolute atomic E-state index is 12.3. The third kappa shape index (κ3) is 5.31. The second-order valence-electron chi connectivity index (χ2n) is 6.91. The van der Waals surface area contributed by atoms with Gasteiger partial charge in [0.25, 0.3) is 5.91 Å². The standard InChI is InChI=1S/C25H20N2O3S/c28-16-19-4-3-5-20(14-19)26-24(29)13-12-17-8-10-18(11-9-17)15-23-25(30)27-21-6-1-2-7-22(21)31-23/h1-15,28H,16H2,(H,26,29)(H,27,30)/b13-12+,23-15+. The topological polar surface area (TPSA) is 78.4 Å². The molecule has 1 aliphatic heterocycles. The number of para-hydroxylation sites is 1. The molecule has 0 fully saturated rings. The first-order chi connectivity index (χ1) is 15.1. The molecule has 3 N–H and O–H groups in total. The van der Waals surface area contributed by atoms with Gasteiger partial charge in [0.15, 0.2) is 0 Å².